The molecule has 12 heavy (non-hydrogen) atoms. The van der Waals surface area contributed by atoms with Gasteiger partial charge in [-0.15, -0.1) is 0 Å². The number of alkyl halides is 3. The monoisotopic (exact) mass is 182 g/mol. The molecule has 0 spiro atoms. The van der Waals surface area contributed by atoms with Crippen molar-refractivity contribution in [3.8, 4) is 0 Å². The van der Waals surface area contributed by atoms with Gasteiger partial charge in [-0.3, -0.25) is 0 Å². The van der Waals surface area contributed by atoms with E-state index in [1.54, 1.807) is 6.92 Å². The van der Waals surface area contributed by atoms with Crippen molar-refractivity contribution in [2.24, 2.45) is 5.41 Å². The summed E-state index contributed by atoms with van der Waals surface area (Å²) in [7, 11) is 0. The molecule has 0 nitrogen and oxygen atoms in total. The SMILES string of the molecule is CC.CCC1(C(F)(F)F)CCC1. The van der Waals surface area contributed by atoms with Gasteiger partial charge in [0.05, 0.1) is 5.41 Å². The van der Waals surface area contributed by atoms with Crippen LogP contribution in [0, 0.1) is 5.41 Å². The fourth-order valence-corrected chi connectivity index (χ4v) is 1.44. The summed E-state index contributed by atoms with van der Waals surface area (Å²) in [5, 5.41) is 0. The van der Waals surface area contributed by atoms with E-state index in [4.69, 9.17) is 0 Å². The normalized spacial score (nSPS) is 20.5. The third-order valence-corrected chi connectivity index (χ3v) is 2.59. The van der Waals surface area contributed by atoms with E-state index >= 15 is 0 Å². The predicted molar refractivity (Wildman–Crippen MR) is 44.0 cm³/mol. The molecule has 0 bridgehead atoms. The minimum atomic E-state index is -3.96. The second kappa shape index (κ2) is 4.15. The Balaban J connectivity index is 0.000000561. The van der Waals surface area contributed by atoms with Gasteiger partial charge in [0.1, 0.15) is 0 Å². The van der Waals surface area contributed by atoms with Gasteiger partial charge in [0, 0.05) is 0 Å². The lowest BCUT2D eigenvalue weighted by molar-refractivity contribution is -0.251. The van der Waals surface area contributed by atoms with Gasteiger partial charge in [0.2, 0.25) is 0 Å². The maximum atomic E-state index is 12.2. The zero-order chi connectivity index (χ0) is 9.83. The molecular formula is C9H17F3. The second-order valence-corrected chi connectivity index (χ2v) is 2.99. The van der Waals surface area contributed by atoms with E-state index < -0.39 is 11.6 Å². The fourth-order valence-electron chi connectivity index (χ4n) is 1.44. The Hall–Kier alpha value is -0.210. The molecule has 3 heteroatoms. The molecule has 0 unspecified atom stereocenters. The smallest absolute Gasteiger partial charge is 0.171 e. The van der Waals surface area contributed by atoms with Crippen LogP contribution < -0.4 is 0 Å². The molecule has 0 amide bonds. The van der Waals surface area contributed by atoms with Crippen LogP contribution in [0.15, 0.2) is 0 Å². The first-order valence-electron chi connectivity index (χ1n) is 4.58. The van der Waals surface area contributed by atoms with Gasteiger partial charge in [0.25, 0.3) is 0 Å². The fraction of sp³-hybridized carbons (Fsp3) is 1.00. The van der Waals surface area contributed by atoms with Gasteiger partial charge in [-0.05, 0) is 19.3 Å². The summed E-state index contributed by atoms with van der Waals surface area (Å²) in [5.41, 5.74) is -1.30. The lowest BCUT2D eigenvalue weighted by atomic mass is 9.66. The molecule has 0 aromatic carbocycles. The summed E-state index contributed by atoms with van der Waals surface area (Å²) < 4.78 is 36.5. The van der Waals surface area contributed by atoms with Crippen LogP contribution in [0.25, 0.3) is 0 Å². The molecule has 1 fully saturated rings. The minimum absolute atomic E-state index is 0.247. The van der Waals surface area contributed by atoms with E-state index in [9.17, 15) is 13.2 Å². The van der Waals surface area contributed by atoms with Gasteiger partial charge in [0.15, 0.2) is 0 Å². The molecule has 0 N–H and O–H groups in total. The summed E-state index contributed by atoms with van der Waals surface area (Å²) >= 11 is 0. The molecule has 1 aliphatic rings. The number of hydrogen-bond donors (Lipinski definition) is 0. The second-order valence-electron chi connectivity index (χ2n) is 2.99. The van der Waals surface area contributed by atoms with Crippen molar-refractivity contribution in [3.05, 3.63) is 0 Å². The minimum Gasteiger partial charge on any atom is -0.171 e. The number of halogens is 3. The summed E-state index contributed by atoms with van der Waals surface area (Å²) in [4.78, 5) is 0. The molecule has 0 saturated heterocycles. The number of rotatable bonds is 1. The van der Waals surface area contributed by atoms with Crippen molar-refractivity contribution in [2.75, 3.05) is 0 Å². The molecular weight excluding hydrogens is 165 g/mol. The Morgan fingerprint density at radius 3 is 1.58 bits per heavy atom. The van der Waals surface area contributed by atoms with E-state index in [1.165, 1.54) is 0 Å². The van der Waals surface area contributed by atoms with Crippen LogP contribution in [0.3, 0.4) is 0 Å². The molecule has 0 radical (unpaired) electrons. The largest absolute Gasteiger partial charge is 0.394 e. The van der Waals surface area contributed by atoms with Crippen LogP contribution in [0.2, 0.25) is 0 Å². The Labute approximate surface area is 72.2 Å². The van der Waals surface area contributed by atoms with Crippen molar-refractivity contribution in [3.63, 3.8) is 0 Å². The van der Waals surface area contributed by atoms with Gasteiger partial charge in [-0.25, -0.2) is 0 Å². The van der Waals surface area contributed by atoms with Gasteiger partial charge in [-0.2, -0.15) is 13.2 Å². The molecule has 0 aliphatic heterocycles. The molecule has 1 aliphatic carbocycles. The van der Waals surface area contributed by atoms with Crippen molar-refractivity contribution in [1.82, 2.24) is 0 Å². The first kappa shape index (κ1) is 11.8. The standard InChI is InChI=1S/C7H11F3.C2H6/c1-2-6(4-3-5-6)7(8,9)10;1-2/h2-5H2,1H3;1-2H3. The zero-order valence-electron chi connectivity index (χ0n) is 7.96. The topological polar surface area (TPSA) is 0 Å². The first-order valence-corrected chi connectivity index (χ1v) is 4.58. The van der Waals surface area contributed by atoms with Crippen molar-refractivity contribution in [1.29, 1.82) is 0 Å². The molecule has 1 rings (SSSR count). The van der Waals surface area contributed by atoms with Crippen molar-refractivity contribution in [2.45, 2.75) is 52.6 Å². The highest BCUT2D eigenvalue weighted by atomic mass is 19.4. The van der Waals surface area contributed by atoms with E-state index in [-0.39, 0.29) is 6.42 Å². The van der Waals surface area contributed by atoms with Gasteiger partial charge in [-0.1, -0.05) is 27.2 Å². The van der Waals surface area contributed by atoms with Crippen LogP contribution in [0.4, 0.5) is 13.2 Å². The third kappa shape index (κ3) is 1.93. The summed E-state index contributed by atoms with van der Waals surface area (Å²) in [6.07, 6.45) is -2.29. The van der Waals surface area contributed by atoms with Crippen molar-refractivity contribution < 1.29 is 13.2 Å². The molecule has 0 heterocycles. The van der Waals surface area contributed by atoms with Gasteiger partial charge >= 0.3 is 6.18 Å². The average molecular weight is 182 g/mol. The maximum absolute atomic E-state index is 12.2. The summed E-state index contributed by atoms with van der Waals surface area (Å²) in [5.74, 6) is 0. The van der Waals surface area contributed by atoms with Crippen molar-refractivity contribution >= 4 is 0 Å². The van der Waals surface area contributed by atoms with Crippen LogP contribution in [0.1, 0.15) is 46.5 Å². The molecule has 0 atom stereocenters. The highest BCUT2D eigenvalue weighted by Gasteiger charge is 2.56. The average Bonchev–Trinajstić information content (AvgIpc) is 1.87. The Kier molecular flexibility index (Phi) is 4.08. The maximum Gasteiger partial charge on any atom is 0.394 e. The summed E-state index contributed by atoms with van der Waals surface area (Å²) in [6.45, 7) is 5.62. The molecule has 0 aromatic rings. The van der Waals surface area contributed by atoms with Crippen LogP contribution >= 0.6 is 0 Å². The lowest BCUT2D eigenvalue weighted by Crippen LogP contribution is -2.43. The highest BCUT2D eigenvalue weighted by molar-refractivity contribution is 4.92. The Bertz CT molecular complexity index is 117. The number of hydrogen-bond acceptors (Lipinski definition) is 0. The predicted octanol–water partition coefficient (Wildman–Crippen LogP) is 4.16. The lowest BCUT2D eigenvalue weighted by Gasteiger charge is -2.42. The quantitative estimate of drug-likeness (QED) is 0.571. The summed E-state index contributed by atoms with van der Waals surface area (Å²) in [6, 6.07) is 0. The van der Waals surface area contributed by atoms with E-state index in [0.29, 0.717) is 12.8 Å². The van der Waals surface area contributed by atoms with Crippen LogP contribution in [-0.2, 0) is 0 Å². The van der Waals surface area contributed by atoms with Crippen LogP contribution in [-0.4, -0.2) is 6.18 Å². The molecule has 0 aromatic heterocycles. The molecule has 74 valence electrons. The molecule has 1 saturated carbocycles. The Morgan fingerprint density at radius 1 is 1.17 bits per heavy atom. The van der Waals surface area contributed by atoms with Gasteiger partial charge < -0.3 is 0 Å². The van der Waals surface area contributed by atoms with E-state index in [1.807, 2.05) is 13.8 Å². The van der Waals surface area contributed by atoms with E-state index in [2.05, 4.69) is 0 Å². The first-order chi connectivity index (χ1) is 5.52. The third-order valence-electron chi connectivity index (χ3n) is 2.59. The Morgan fingerprint density at radius 2 is 1.58 bits per heavy atom. The van der Waals surface area contributed by atoms with E-state index in [0.717, 1.165) is 6.42 Å². The van der Waals surface area contributed by atoms with Crippen LogP contribution in [0.5, 0.6) is 0 Å². The highest BCUT2D eigenvalue weighted by Crippen LogP contribution is 2.54. The zero-order valence-corrected chi connectivity index (χ0v) is 7.96.